The highest BCUT2D eigenvalue weighted by atomic mass is 16.5. The van der Waals surface area contributed by atoms with Gasteiger partial charge in [-0.2, -0.15) is 5.10 Å². The van der Waals surface area contributed by atoms with Crippen LogP contribution in [0.5, 0.6) is 0 Å². The van der Waals surface area contributed by atoms with Gasteiger partial charge in [0.25, 0.3) is 0 Å². The third-order valence-corrected chi connectivity index (χ3v) is 8.17. The minimum Gasteiger partial charge on any atom is -0.385 e. The van der Waals surface area contributed by atoms with Crippen LogP contribution in [0.1, 0.15) is 61.9 Å². The Labute approximate surface area is 230 Å². The summed E-state index contributed by atoms with van der Waals surface area (Å²) in [6.45, 7) is 4.18. The molecule has 2 N–H and O–H groups in total. The number of urea groups is 1. The molecule has 1 aliphatic carbocycles. The molecule has 1 aromatic heterocycles. The first-order valence-electron chi connectivity index (χ1n) is 14.4. The molecule has 39 heavy (non-hydrogen) atoms. The number of aromatic amines is 1. The van der Waals surface area contributed by atoms with E-state index in [0.717, 1.165) is 78.4 Å². The molecule has 204 valence electrons. The van der Waals surface area contributed by atoms with E-state index in [-0.39, 0.29) is 12.1 Å². The van der Waals surface area contributed by atoms with E-state index in [4.69, 9.17) is 9.84 Å². The lowest BCUT2D eigenvalue weighted by molar-refractivity contribution is 0.0480. The third kappa shape index (κ3) is 5.57. The highest BCUT2D eigenvalue weighted by Crippen LogP contribution is 2.39. The van der Waals surface area contributed by atoms with Gasteiger partial charge in [0.1, 0.15) is 5.82 Å². The smallest absolute Gasteiger partial charge is 0.349 e. The minimum absolute atomic E-state index is 0.0327. The summed E-state index contributed by atoms with van der Waals surface area (Å²) in [5.41, 5.74) is 6.07. The fourth-order valence-corrected chi connectivity index (χ4v) is 6.04. The number of hydrazone groups is 1. The molecule has 1 saturated carbocycles. The van der Waals surface area contributed by atoms with Crippen LogP contribution in [-0.2, 0) is 11.2 Å². The van der Waals surface area contributed by atoms with Gasteiger partial charge in [-0.25, -0.2) is 14.8 Å². The van der Waals surface area contributed by atoms with Crippen molar-refractivity contribution in [2.24, 2.45) is 11.0 Å². The Bertz CT molecular complexity index is 1290. The summed E-state index contributed by atoms with van der Waals surface area (Å²) >= 11 is 0. The number of aromatic nitrogens is 2. The van der Waals surface area contributed by atoms with Crippen molar-refractivity contribution >= 4 is 28.8 Å². The standard InChI is InChI=1S/C31H38N6O2/c1-22-7-12-27-28(21-22)36(25-10-8-24(9-11-25)32-16-13-29-33-17-18-34-29)31(38)37(26-14-19-39-20-15-26)35-30(27)23-5-3-2-4-6-23/h7-12,17-18,21,23,26,32H,2-6,13-16,19-20H2,1H3,(H,33,34). The minimum atomic E-state index is -0.0851. The van der Waals surface area contributed by atoms with Gasteiger partial charge in [-0.15, -0.1) is 0 Å². The molecule has 2 aliphatic heterocycles. The van der Waals surface area contributed by atoms with Crippen LogP contribution in [-0.4, -0.2) is 52.5 Å². The largest absolute Gasteiger partial charge is 0.385 e. The molecule has 6 rings (SSSR count). The predicted molar refractivity (Wildman–Crippen MR) is 155 cm³/mol. The molecule has 0 atom stereocenters. The van der Waals surface area contributed by atoms with Crippen LogP contribution in [0.25, 0.3) is 0 Å². The van der Waals surface area contributed by atoms with E-state index in [1.54, 1.807) is 11.2 Å². The molecule has 0 radical (unpaired) electrons. The van der Waals surface area contributed by atoms with Gasteiger partial charge in [-0.05, 0) is 68.5 Å². The van der Waals surface area contributed by atoms with Crippen molar-refractivity contribution in [3.05, 3.63) is 71.8 Å². The van der Waals surface area contributed by atoms with Crippen molar-refractivity contribution in [1.29, 1.82) is 0 Å². The zero-order valence-corrected chi connectivity index (χ0v) is 22.7. The van der Waals surface area contributed by atoms with Gasteiger partial charge in [0, 0.05) is 55.7 Å². The molecule has 2 amide bonds. The van der Waals surface area contributed by atoms with E-state index in [1.165, 1.54) is 19.3 Å². The van der Waals surface area contributed by atoms with E-state index < -0.39 is 0 Å². The fraction of sp³-hybridized carbons (Fsp3) is 0.452. The number of H-pyrrole nitrogens is 1. The summed E-state index contributed by atoms with van der Waals surface area (Å²) in [6.07, 6.45) is 12.0. The summed E-state index contributed by atoms with van der Waals surface area (Å²) in [7, 11) is 0. The van der Waals surface area contributed by atoms with Gasteiger partial charge in [-0.3, -0.25) is 4.90 Å². The van der Waals surface area contributed by atoms with Crippen molar-refractivity contribution in [2.75, 3.05) is 30.0 Å². The first-order valence-corrected chi connectivity index (χ1v) is 14.4. The zero-order valence-electron chi connectivity index (χ0n) is 22.7. The van der Waals surface area contributed by atoms with Gasteiger partial charge >= 0.3 is 6.03 Å². The highest BCUT2D eigenvalue weighted by Gasteiger charge is 2.37. The third-order valence-electron chi connectivity index (χ3n) is 8.17. The second kappa shape index (κ2) is 11.6. The quantitative estimate of drug-likeness (QED) is 0.373. The number of nitrogens with zero attached hydrogens (tertiary/aromatic N) is 4. The SMILES string of the molecule is Cc1ccc2c(c1)N(c1ccc(NCCc3ncc[nH]3)cc1)C(=O)N(C1CCOCC1)N=C2C1CCCCC1. The van der Waals surface area contributed by atoms with Gasteiger partial charge in [0.05, 0.1) is 23.1 Å². The Hall–Kier alpha value is -3.65. The van der Waals surface area contributed by atoms with Crippen molar-refractivity contribution in [3.8, 4) is 0 Å². The van der Waals surface area contributed by atoms with Gasteiger partial charge in [0.2, 0.25) is 0 Å². The van der Waals surface area contributed by atoms with Crippen LogP contribution < -0.4 is 10.2 Å². The first-order chi connectivity index (χ1) is 19.2. The highest BCUT2D eigenvalue weighted by molar-refractivity contribution is 6.14. The molecule has 3 aliphatic rings. The number of nitrogens with one attached hydrogen (secondary N) is 2. The van der Waals surface area contributed by atoms with Crippen LogP contribution in [0.3, 0.4) is 0 Å². The van der Waals surface area contributed by atoms with Crippen LogP contribution >= 0.6 is 0 Å². The summed E-state index contributed by atoms with van der Waals surface area (Å²) in [4.78, 5) is 23.7. The van der Waals surface area contributed by atoms with E-state index >= 15 is 0 Å². The number of hydrogen-bond donors (Lipinski definition) is 2. The summed E-state index contributed by atoms with van der Waals surface area (Å²) in [5.74, 6) is 1.33. The number of carbonyl (C=O) groups is 1. The van der Waals surface area contributed by atoms with Crippen molar-refractivity contribution in [3.63, 3.8) is 0 Å². The molecule has 3 aromatic rings. The number of aryl methyl sites for hydroxylation is 1. The maximum atomic E-state index is 14.4. The number of imidazole rings is 1. The van der Waals surface area contributed by atoms with E-state index in [9.17, 15) is 4.79 Å². The molecular weight excluding hydrogens is 488 g/mol. The number of amides is 2. The molecule has 2 aromatic carbocycles. The van der Waals surface area contributed by atoms with Crippen molar-refractivity contribution in [1.82, 2.24) is 15.0 Å². The lowest BCUT2D eigenvalue weighted by Gasteiger charge is -2.33. The maximum absolute atomic E-state index is 14.4. The van der Waals surface area contributed by atoms with E-state index in [1.807, 2.05) is 35.4 Å². The van der Waals surface area contributed by atoms with Crippen molar-refractivity contribution < 1.29 is 9.53 Å². The predicted octanol–water partition coefficient (Wildman–Crippen LogP) is 6.41. The molecule has 0 bridgehead atoms. The number of hydrogen-bond acceptors (Lipinski definition) is 5. The average Bonchev–Trinajstić information content (AvgIpc) is 3.46. The molecule has 3 heterocycles. The number of benzene rings is 2. The molecule has 0 spiro atoms. The second-order valence-corrected chi connectivity index (χ2v) is 10.9. The van der Waals surface area contributed by atoms with Crippen molar-refractivity contribution in [2.45, 2.75) is 64.3 Å². The molecule has 8 heteroatoms. The van der Waals surface area contributed by atoms with Crippen LogP contribution in [0.4, 0.5) is 21.9 Å². The van der Waals surface area contributed by atoms with Gasteiger partial charge in [-0.1, -0.05) is 31.4 Å². The van der Waals surface area contributed by atoms with Crippen LogP contribution in [0.15, 0.2) is 60.0 Å². The number of anilines is 3. The number of rotatable bonds is 7. The Kier molecular flexibility index (Phi) is 7.63. The van der Waals surface area contributed by atoms with E-state index in [2.05, 4.69) is 40.4 Å². The molecule has 8 nitrogen and oxygen atoms in total. The Morgan fingerprint density at radius 3 is 2.56 bits per heavy atom. The summed E-state index contributed by atoms with van der Waals surface area (Å²) in [6, 6.07) is 14.6. The average molecular weight is 527 g/mol. The molecular formula is C31H38N6O2. The lowest BCUT2D eigenvalue weighted by Crippen LogP contribution is -2.45. The summed E-state index contributed by atoms with van der Waals surface area (Å²) < 4.78 is 5.65. The second-order valence-electron chi connectivity index (χ2n) is 10.9. The van der Waals surface area contributed by atoms with Gasteiger partial charge < -0.3 is 15.0 Å². The topological polar surface area (TPSA) is 85.9 Å². The first kappa shape index (κ1) is 25.6. The maximum Gasteiger partial charge on any atom is 0.349 e. The number of carbonyl (C=O) groups excluding carboxylic acids is 1. The Morgan fingerprint density at radius 1 is 1.03 bits per heavy atom. The molecule has 0 unspecified atom stereocenters. The van der Waals surface area contributed by atoms with E-state index in [0.29, 0.717) is 19.1 Å². The summed E-state index contributed by atoms with van der Waals surface area (Å²) in [5, 5.41) is 10.5. The monoisotopic (exact) mass is 526 g/mol. The fourth-order valence-electron chi connectivity index (χ4n) is 6.04. The number of ether oxygens (including phenoxy) is 1. The zero-order chi connectivity index (χ0) is 26.6. The van der Waals surface area contributed by atoms with Crippen LogP contribution in [0, 0.1) is 12.8 Å². The normalized spacial score (nSPS) is 19.0. The van der Waals surface area contributed by atoms with Gasteiger partial charge in [0.15, 0.2) is 0 Å². The Morgan fingerprint density at radius 2 is 1.82 bits per heavy atom. The van der Waals surface area contributed by atoms with Crippen LogP contribution in [0.2, 0.25) is 0 Å². The number of fused-ring (bicyclic) bond motifs is 1. The molecule has 1 saturated heterocycles. The molecule has 2 fully saturated rings. The Balaban J connectivity index is 1.35. The lowest BCUT2D eigenvalue weighted by atomic mass is 9.82.